The Balaban J connectivity index is 2.48. The number of hydrogen-bond acceptors (Lipinski definition) is 3. The molecule has 1 atom stereocenters. The van der Waals surface area contributed by atoms with Crippen molar-refractivity contribution < 1.29 is 9.53 Å². The SMILES string of the molecule is CC[C@H](C)OC(=O)Cc1ccc(N)cc1. The van der Waals surface area contributed by atoms with Crippen LogP contribution in [0.1, 0.15) is 25.8 Å². The Morgan fingerprint density at radius 2 is 2.00 bits per heavy atom. The highest BCUT2D eigenvalue weighted by atomic mass is 16.5. The summed E-state index contributed by atoms with van der Waals surface area (Å²) in [5.41, 5.74) is 7.17. The molecule has 3 heteroatoms. The lowest BCUT2D eigenvalue weighted by Crippen LogP contribution is -2.15. The van der Waals surface area contributed by atoms with Gasteiger partial charge in [0.25, 0.3) is 0 Å². The van der Waals surface area contributed by atoms with Crippen LogP contribution in [0.5, 0.6) is 0 Å². The Kier molecular flexibility index (Phi) is 4.16. The monoisotopic (exact) mass is 207 g/mol. The minimum absolute atomic E-state index is 0.00807. The molecule has 0 saturated carbocycles. The van der Waals surface area contributed by atoms with Gasteiger partial charge in [0, 0.05) is 5.69 Å². The van der Waals surface area contributed by atoms with E-state index in [1.807, 2.05) is 26.0 Å². The summed E-state index contributed by atoms with van der Waals surface area (Å²) >= 11 is 0. The molecule has 0 fully saturated rings. The second-order valence-electron chi connectivity index (χ2n) is 3.63. The zero-order valence-electron chi connectivity index (χ0n) is 9.19. The first kappa shape index (κ1) is 11.6. The number of nitrogens with two attached hydrogens (primary N) is 1. The second kappa shape index (κ2) is 5.39. The Bertz CT molecular complexity index is 319. The van der Waals surface area contributed by atoms with Crippen molar-refractivity contribution in [1.29, 1.82) is 0 Å². The van der Waals surface area contributed by atoms with Crippen molar-refractivity contribution in [3.63, 3.8) is 0 Å². The molecule has 3 nitrogen and oxygen atoms in total. The maximum Gasteiger partial charge on any atom is 0.310 e. The molecule has 1 aromatic carbocycles. The van der Waals surface area contributed by atoms with Crippen LogP contribution in [0.15, 0.2) is 24.3 Å². The molecule has 0 bridgehead atoms. The van der Waals surface area contributed by atoms with Gasteiger partial charge in [-0.1, -0.05) is 19.1 Å². The zero-order valence-corrected chi connectivity index (χ0v) is 9.19. The molecular weight excluding hydrogens is 190 g/mol. The number of esters is 1. The molecular formula is C12H17NO2. The lowest BCUT2D eigenvalue weighted by atomic mass is 10.1. The van der Waals surface area contributed by atoms with E-state index in [0.717, 1.165) is 12.0 Å². The molecule has 0 radical (unpaired) electrons. The van der Waals surface area contributed by atoms with Crippen molar-refractivity contribution >= 4 is 11.7 Å². The van der Waals surface area contributed by atoms with Crippen molar-refractivity contribution in [2.24, 2.45) is 0 Å². The predicted molar refractivity (Wildman–Crippen MR) is 60.4 cm³/mol. The van der Waals surface area contributed by atoms with Gasteiger partial charge in [0.2, 0.25) is 0 Å². The maximum absolute atomic E-state index is 11.4. The number of hydrogen-bond donors (Lipinski definition) is 1. The van der Waals surface area contributed by atoms with Crippen LogP contribution in [0.2, 0.25) is 0 Å². The molecule has 1 aromatic rings. The van der Waals surface area contributed by atoms with Crippen LogP contribution in [-0.2, 0) is 16.0 Å². The number of benzene rings is 1. The highest BCUT2D eigenvalue weighted by molar-refractivity contribution is 5.72. The lowest BCUT2D eigenvalue weighted by molar-refractivity contribution is -0.147. The molecule has 15 heavy (non-hydrogen) atoms. The number of carbonyl (C=O) groups is 1. The van der Waals surface area contributed by atoms with Gasteiger partial charge in [-0.05, 0) is 31.0 Å². The fourth-order valence-electron chi connectivity index (χ4n) is 1.15. The average Bonchev–Trinajstić information content (AvgIpc) is 2.21. The van der Waals surface area contributed by atoms with E-state index < -0.39 is 0 Å². The fraction of sp³-hybridized carbons (Fsp3) is 0.417. The Morgan fingerprint density at radius 1 is 1.40 bits per heavy atom. The first-order valence-electron chi connectivity index (χ1n) is 5.15. The predicted octanol–water partition coefficient (Wildman–Crippen LogP) is 2.15. The summed E-state index contributed by atoms with van der Waals surface area (Å²) in [7, 11) is 0. The number of nitrogen functional groups attached to an aromatic ring is 1. The van der Waals surface area contributed by atoms with Crippen LogP contribution in [0.25, 0.3) is 0 Å². The van der Waals surface area contributed by atoms with E-state index >= 15 is 0 Å². The van der Waals surface area contributed by atoms with Crippen molar-refractivity contribution in [3.05, 3.63) is 29.8 Å². The summed E-state index contributed by atoms with van der Waals surface area (Å²) < 4.78 is 5.16. The van der Waals surface area contributed by atoms with Crippen LogP contribution in [0.3, 0.4) is 0 Å². The molecule has 0 saturated heterocycles. The van der Waals surface area contributed by atoms with Gasteiger partial charge in [-0.25, -0.2) is 0 Å². The van der Waals surface area contributed by atoms with Gasteiger partial charge in [-0.3, -0.25) is 4.79 Å². The van der Waals surface area contributed by atoms with E-state index in [2.05, 4.69) is 0 Å². The van der Waals surface area contributed by atoms with Crippen molar-refractivity contribution in [3.8, 4) is 0 Å². The molecule has 2 N–H and O–H groups in total. The third-order valence-electron chi connectivity index (χ3n) is 2.24. The summed E-state index contributed by atoms with van der Waals surface area (Å²) in [6.07, 6.45) is 1.14. The van der Waals surface area contributed by atoms with Crippen molar-refractivity contribution in [2.45, 2.75) is 32.8 Å². The van der Waals surface area contributed by atoms with Gasteiger partial charge in [0.05, 0.1) is 12.5 Å². The summed E-state index contributed by atoms with van der Waals surface area (Å²) in [5, 5.41) is 0. The summed E-state index contributed by atoms with van der Waals surface area (Å²) in [6.45, 7) is 3.88. The third-order valence-corrected chi connectivity index (χ3v) is 2.24. The van der Waals surface area contributed by atoms with Gasteiger partial charge < -0.3 is 10.5 Å². The van der Waals surface area contributed by atoms with Crippen LogP contribution in [0.4, 0.5) is 5.69 Å². The number of carbonyl (C=O) groups excluding carboxylic acids is 1. The Labute approximate surface area is 90.2 Å². The molecule has 1 rings (SSSR count). The van der Waals surface area contributed by atoms with Crippen LogP contribution < -0.4 is 5.73 Å². The molecule has 0 amide bonds. The van der Waals surface area contributed by atoms with E-state index in [1.54, 1.807) is 12.1 Å². The second-order valence-corrected chi connectivity index (χ2v) is 3.63. The molecule has 0 aliphatic carbocycles. The van der Waals surface area contributed by atoms with E-state index in [4.69, 9.17) is 10.5 Å². The summed E-state index contributed by atoms with van der Waals surface area (Å²) in [4.78, 5) is 11.4. The molecule has 82 valence electrons. The van der Waals surface area contributed by atoms with Crippen LogP contribution >= 0.6 is 0 Å². The average molecular weight is 207 g/mol. The lowest BCUT2D eigenvalue weighted by Gasteiger charge is -2.10. The van der Waals surface area contributed by atoms with Crippen molar-refractivity contribution in [2.75, 3.05) is 5.73 Å². The molecule has 0 aliphatic rings. The van der Waals surface area contributed by atoms with Gasteiger partial charge in [-0.2, -0.15) is 0 Å². The molecule has 0 unspecified atom stereocenters. The van der Waals surface area contributed by atoms with E-state index in [-0.39, 0.29) is 12.1 Å². The quantitative estimate of drug-likeness (QED) is 0.608. The molecule has 0 aromatic heterocycles. The van der Waals surface area contributed by atoms with Gasteiger partial charge in [0.15, 0.2) is 0 Å². The zero-order chi connectivity index (χ0) is 11.3. The van der Waals surface area contributed by atoms with Gasteiger partial charge >= 0.3 is 5.97 Å². The minimum atomic E-state index is -0.186. The molecule has 0 aliphatic heterocycles. The summed E-state index contributed by atoms with van der Waals surface area (Å²) in [5.74, 6) is -0.186. The highest BCUT2D eigenvalue weighted by Gasteiger charge is 2.08. The number of rotatable bonds is 4. The Morgan fingerprint density at radius 3 is 2.53 bits per heavy atom. The topological polar surface area (TPSA) is 52.3 Å². The van der Waals surface area contributed by atoms with Crippen LogP contribution in [-0.4, -0.2) is 12.1 Å². The van der Waals surface area contributed by atoms with E-state index in [1.165, 1.54) is 0 Å². The first-order chi connectivity index (χ1) is 7.11. The molecule has 0 spiro atoms. The fourth-order valence-corrected chi connectivity index (χ4v) is 1.15. The summed E-state index contributed by atoms with van der Waals surface area (Å²) in [6, 6.07) is 7.25. The smallest absolute Gasteiger partial charge is 0.310 e. The standard InChI is InChI=1S/C12H17NO2/c1-3-9(2)15-12(14)8-10-4-6-11(13)7-5-10/h4-7,9H,3,8,13H2,1-2H3/t9-/m0/s1. The van der Waals surface area contributed by atoms with Gasteiger partial charge in [-0.15, -0.1) is 0 Å². The largest absolute Gasteiger partial charge is 0.462 e. The first-order valence-corrected chi connectivity index (χ1v) is 5.15. The molecule has 0 heterocycles. The maximum atomic E-state index is 11.4. The number of ether oxygens (including phenoxy) is 1. The van der Waals surface area contributed by atoms with E-state index in [9.17, 15) is 4.79 Å². The minimum Gasteiger partial charge on any atom is -0.462 e. The van der Waals surface area contributed by atoms with E-state index in [0.29, 0.717) is 12.1 Å². The Hall–Kier alpha value is -1.51. The van der Waals surface area contributed by atoms with Crippen LogP contribution in [0, 0.1) is 0 Å². The highest BCUT2D eigenvalue weighted by Crippen LogP contribution is 2.07. The normalized spacial score (nSPS) is 12.1. The van der Waals surface area contributed by atoms with Crippen molar-refractivity contribution in [1.82, 2.24) is 0 Å². The third kappa shape index (κ3) is 4.02. The number of anilines is 1. The van der Waals surface area contributed by atoms with Gasteiger partial charge in [0.1, 0.15) is 0 Å².